The molecule has 1 N–H and O–H groups in total. The van der Waals surface area contributed by atoms with Gasteiger partial charge in [0.05, 0.1) is 30.5 Å². The van der Waals surface area contributed by atoms with Gasteiger partial charge in [-0.15, -0.1) is 5.10 Å². The van der Waals surface area contributed by atoms with Gasteiger partial charge in [-0.05, 0) is 57.4 Å². The van der Waals surface area contributed by atoms with Gasteiger partial charge in [-0.1, -0.05) is 30.7 Å². The number of nitrogens with zero attached hydrogens (tertiary/aromatic N) is 4. The third-order valence-corrected chi connectivity index (χ3v) is 5.78. The molecule has 6 heteroatoms. The minimum Gasteiger partial charge on any atom is -0.378 e. The highest BCUT2D eigenvalue weighted by atomic mass is 16.5. The van der Waals surface area contributed by atoms with Crippen LogP contribution in [0.5, 0.6) is 0 Å². The van der Waals surface area contributed by atoms with E-state index < -0.39 is 0 Å². The van der Waals surface area contributed by atoms with E-state index in [0.717, 1.165) is 65.8 Å². The first-order valence-electron chi connectivity index (χ1n) is 11.2. The monoisotopic (exact) mass is 431 g/mol. The number of ether oxygens (including phenoxy) is 1. The molecule has 0 atom stereocenters. The van der Waals surface area contributed by atoms with Gasteiger partial charge in [0.2, 0.25) is 0 Å². The van der Waals surface area contributed by atoms with Gasteiger partial charge in [-0.25, -0.2) is 0 Å². The van der Waals surface area contributed by atoms with Gasteiger partial charge in [-0.3, -0.25) is 0 Å². The second kappa shape index (κ2) is 10.9. The van der Waals surface area contributed by atoms with Crippen LogP contribution in [0.2, 0.25) is 0 Å². The zero-order valence-corrected chi connectivity index (χ0v) is 19.8. The third-order valence-electron chi connectivity index (χ3n) is 5.78. The summed E-state index contributed by atoms with van der Waals surface area (Å²) in [6, 6.07) is 8.08. The molecule has 2 aromatic rings. The van der Waals surface area contributed by atoms with Crippen molar-refractivity contribution >= 4 is 17.5 Å². The zero-order chi connectivity index (χ0) is 23.1. The molecule has 168 valence electrons. The van der Waals surface area contributed by atoms with E-state index in [1.807, 2.05) is 32.0 Å². The highest BCUT2D eigenvalue weighted by Gasteiger charge is 2.14. The Hall–Kier alpha value is -3.17. The fraction of sp³-hybridized carbons (Fsp3) is 0.423. The van der Waals surface area contributed by atoms with Crippen LogP contribution in [0.25, 0.3) is 11.6 Å². The molecule has 0 unspecified atom stereocenters. The number of anilines is 1. The molecule has 0 saturated carbocycles. The molecule has 1 aromatic heterocycles. The predicted molar refractivity (Wildman–Crippen MR) is 129 cm³/mol. The quantitative estimate of drug-likeness (QED) is 0.757. The number of hydrogen-bond donors (Lipinski definition) is 1. The van der Waals surface area contributed by atoms with Crippen molar-refractivity contribution in [2.75, 3.05) is 31.6 Å². The van der Waals surface area contributed by atoms with Crippen LogP contribution in [0.3, 0.4) is 0 Å². The van der Waals surface area contributed by atoms with E-state index in [2.05, 4.69) is 59.4 Å². The lowest BCUT2D eigenvalue weighted by atomic mass is 10.0. The number of benzene rings is 1. The topological polar surface area (TPSA) is 74.1 Å². The minimum atomic E-state index is 0.576. The molecule has 2 heterocycles. The molecule has 3 rings (SSSR count). The van der Waals surface area contributed by atoms with Gasteiger partial charge in [-0.2, -0.15) is 10.4 Å². The molecule has 1 aromatic carbocycles. The molecule has 32 heavy (non-hydrogen) atoms. The molecule has 0 amide bonds. The molecular formula is C26H33N5O. The number of nitriles is 1. The lowest BCUT2D eigenvalue weighted by Gasteiger charge is -2.30. The Morgan fingerprint density at radius 2 is 1.97 bits per heavy atom. The Balaban J connectivity index is 2.09. The van der Waals surface area contributed by atoms with Crippen molar-refractivity contribution in [1.29, 1.82) is 5.26 Å². The van der Waals surface area contributed by atoms with Crippen molar-refractivity contribution in [1.82, 2.24) is 15.1 Å². The van der Waals surface area contributed by atoms with E-state index in [1.54, 1.807) is 0 Å². The lowest BCUT2D eigenvalue weighted by Crippen LogP contribution is -2.38. The summed E-state index contributed by atoms with van der Waals surface area (Å²) in [5, 5.41) is 24.0. The summed E-state index contributed by atoms with van der Waals surface area (Å²) in [5.41, 5.74) is 6.08. The van der Waals surface area contributed by atoms with Crippen molar-refractivity contribution in [3.8, 4) is 6.07 Å². The molecule has 0 radical (unpaired) electrons. The number of aromatic nitrogens is 2. The van der Waals surface area contributed by atoms with Crippen molar-refractivity contribution < 1.29 is 4.74 Å². The number of aryl methyl sites for hydroxylation is 1. The van der Waals surface area contributed by atoms with E-state index in [4.69, 9.17) is 4.74 Å². The Morgan fingerprint density at radius 3 is 2.62 bits per heavy atom. The highest BCUT2D eigenvalue weighted by molar-refractivity contribution is 5.57. The molecule has 0 bridgehead atoms. The average Bonchev–Trinajstić information content (AvgIpc) is 2.79. The second-order valence-electron chi connectivity index (χ2n) is 8.26. The van der Waals surface area contributed by atoms with Gasteiger partial charge >= 0.3 is 0 Å². The maximum atomic E-state index is 9.35. The first-order valence-corrected chi connectivity index (χ1v) is 11.2. The number of morpholine rings is 1. The summed E-state index contributed by atoms with van der Waals surface area (Å²) in [4.78, 5) is 2.38. The van der Waals surface area contributed by atoms with Crippen molar-refractivity contribution in [3.63, 3.8) is 0 Å². The second-order valence-corrected chi connectivity index (χ2v) is 8.26. The van der Waals surface area contributed by atoms with Gasteiger partial charge in [0.1, 0.15) is 0 Å². The van der Waals surface area contributed by atoms with Crippen molar-refractivity contribution in [3.05, 3.63) is 62.8 Å². The third kappa shape index (κ3) is 5.35. The van der Waals surface area contributed by atoms with Crippen molar-refractivity contribution in [2.24, 2.45) is 0 Å². The summed E-state index contributed by atoms with van der Waals surface area (Å²) >= 11 is 0. The molecule has 6 nitrogen and oxygen atoms in total. The van der Waals surface area contributed by atoms with Crippen LogP contribution in [-0.4, -0.2) is 41.4 Å². The first kappa shape index (κ1) is 23.5. The van der Waals surface area contributed by atoms with E-state index in [9.17, 15) is 5.26 Å². The summed E-state index contributed by atoms with van der Waals surface area (Å²) < 4.78 is 5.56. The number of nitrogens with one attached hydrogen (secondary N) is 1. The van der Waals surface area contributed by atoms with E-state index in [0.29, 0.717) is 12.1 Å². The molecule has 1 fully saturated rings. The summed E-state index contributed by atoms with van der Waals surface area (Å²) in [5.74, 6) is 0.754. The van der Waals surface area contributed by atoms with Gasteiger partial charge in [0, 0.05) is 35.8 Å². The van der Waals surface area contributed by atoms with Crippen LogP contribution in [0, 0.1) is 25.2 Å². The van der Waals surface area contributed by atoms with E-state index >= 15 is 0 Å². The van der Waals surface area contributed by atoms with Gasteiger partial charge < -0.3 is 15.0 Å². The molecule has 1 aliphatic heterocycles. The van der Waals surface area contributed by atoms with Gasteiger partial charge in [0.15, 0.2) is 5.82 Å². The fourth-order valence-electron chi connectivity index (χ4n) is 4.08. The van der Waals surface area contributed by atoms with Crippen LogP contribution >= 0.6 is 0 Å². The van der Waals surface area contributed by atoms with E-state index in [-0.39, 0.29) is 0 Å². The average molecular weight is 432 g/mol. The number of allylic oxidation sites excluding steroid dienone is 2. The Kier molecular flexibility index (Phi) is 8.02. The van der Waals surface area contributed by atoms with Crippen LogP contribution in [0.15, 0.2) is 30.0 Å². The lowest BCUT2D eigenvalue weighted by molar-refractivity contribution is 0.0561. The molecule has 0 aliphatic carbocycles. The molecule has 0 spiro atoms. The SMILES string of the molecule is CC/C=C(/C=c1/c(NCc2cccc(C#N)c2C)nnc(C)c1=C(C)C)N1CCOCC1. The van der Waals surface area contributed by atoms with Crippen molar-refractivity contribution in [2.45, 2.75) is 47.6 Å². The maximum Gasteiger partial charge on any atom is 0.156 e. The number of rotatable bonds is 6. The van der Waals surface area contributed by atoms with Gasteiger partial charge in [0.25, 0.3) is 0 Å². The minimum absolute atomic E-state index is 0.576. The molecular weight excluding hydrogens is 398 g/mol. The molecule has 1 aliphatic rings. The summed E-state index contributed by atoms with van der Waals surface area (Å²) in [6.45, 7) is 14.2. The summed E-state index contributed by atoms with van der Waals surface area (Å²) in [6.07, 6.45) is 5.45. The van der Waals surface area contributed by atoms with Crippen LogP contribution in [0.4, 0.5) is 5.82 Å². The Labute approximate surface area is 190 Å². The number of hydrogen-bond acceptors (Lipinski definition) is 6. The Bertz CT molecular complexity index is 1150. The predicted octanol–water partition coefficient (Wildman–Crippen LogP) is 3.17. The standard InChI is InChI=1S/C26H33N5O/c1-6-8-23(31-11-13-32-14-12-31)15-24-25(18(2)3)20(5)29-30-26(24)28-17-22-10-7-9-21(16-27)19(22)4/h7-10,15H,6,11-14,17H2,1-5H3,(H,28,30)/b23-8-,24-15+. The summed E-state index contributed by atoms with van der Waals surface area (Å²) in [7, 11) is 0. The maximum absolute atomic E-state index is 9.35. The fourth-order valence-corrected chi connectivity index (χ4v) is 4.08. The van der Waals surface area contributed by atoms with Crippen LogP contribution < -0.4 is 15.8 Å². The van der Waals surface area contributed by atoms with Crippen LogP contribution in [-0.2, 0) is 11.3 Å². The Morgan fingerprint density at radius 1 is 1.22 bits per heavy atom. The van der Waals surface area contributed by atoms with Crippen LogP contribution in [0.1, 0.15) is 49.6 Å². The highest BCUT2D eigenvalue weighted by Crippen LogP contribution is 2.14. The van der Waals surface area contributed by atoms with E-state index in [1.165, 1.54) is 11.3 Å². The zero-order valence-electron chi connectivity index (χ0n) is 19.8. The normalized spacial score (nSPS) is 14.9. The molecule has 1 saturated heterocycles. The largest absolute Gasteiger partial charge is 0.378 e. The smallest absolute Gasteiger partial charge is 0.156 e. The first-order chi connectivity index (χ1) is 15.5.